The summed E-state index contributed by atoms with van der Waals surface area (Å²) in [6.07, 6.45) is 77.1. The first-order valence-electron chi connectivity index (χ1n) is 30.1. The highest BCUT2D eigenvalue weighted by atomic mass is 16.6. The van der Waals surface area contributed by atoms with E-state index >= 15 is 0 Å². The molecule has 6 nitrogen and oxygen atoms in total. The van der Waals surface area contributed by atoms with Crippen LogP contribution >= 0.6 is 0 Å². The van der Waals surface area contributed by atoms with Crippen LogP contribution in [0, 0.1) is 0 Å². The first-order valence-corrected chi connectivity index (χ1v) is 30.1. The highest BCUT2D eigenvalue weighted by Gasteiger charge is 2.19. The Morgan fingerprint density at radius 2 is 0.549 bits per heavy atom. The predicted molar refractivity (Wildman–Crippen MR) is 307 cm³/mol. The van der Waals surface area contributed by atoms with E-state index in [9.17, 15) is 14.4 Å². The lowest BCUT2D eigenvalue weighted by atomic mass is 10.1. The van der Waals surface area contributed by atoms with Gasteiger partial charge in [-0.05, 0) is 116 Å². The number of hydrogen-bond acceptors (Lipinski definition) is 6. The molecule has 0 bridgehead atoms. The normalized spacial score (nSPS) is 12.7. The molecule has 0 unspecified atom stereocenters. The van der Waals surface area contributed by atoms with Crippen LogP contribution in [0.3, 0.4) is 0 Å². The predicted octanol–water partition coefficient (Wildman–Crippen LogP) is 20.3. The fraction of sp³-hybridized carbons (Fsp3) is 0.738. The van der Waals surface area contributed by atoms with Gasteiger partial charge in [-0.3, -0.25) is 14.4 Å². The second kappa shape index (κ2) is 59.2. The monoisotopic (exact) mass is 989 g/mol. The van der Waals surface area contributed by atoms with E-state index in [0.717, 1.165) is 96.3 Å². The molecule has 0 heterocycles. The van der Waals surface area contributed by atoms with Crippen LogP contribution in [0.25, 0.3) is 0 Å². The van der Waals surface area contributed by atoms with Crippen LogP contribution in [0.1, 0.15) is 290 Å². The van der Waals surface area contributed by atoms with Gasteiger partial charge in [0.2, 0.25) is 0 Å². The third-order valence-corrected chi connectivity index (χ3v) is 12.9. The summed E-state index contributed by atoms with van der Waals surface area (Å²) in [7, 11) is 0. The Balaban J connectivity index is 4.45. The molecule has 0 aliphatic heterocycles. The topological polar surface area (TPSA) is 78.9 Å². The summed E-state index contributed by atoms with van der Waals surface area (Å²) in [5.41, 5.74) is 0. The van der Waals surface area contributed by atoms with Crippen molar-refractivity contribution < 1.29 is 28.6 Å². The quantitative estimate of drug-likeness (QED) is 0.0261. The van der Waals surface area contributed by atoms with Crippen LogP contribution in [-0.4, -0.2) is 37.2 Å². The largest absolute Gasteiger partial charge is 0.462 e. The van der Waals surface area contributed by atoms with E-state index in [1.165, 1.54) is 154 Å². The Morgan fingerprint density at radius 1 is 0.296 bits per heavy atom. The molecule has 0 aromatic heterocycles. The highest BCUT2D eigenvalue weighted by molar-refractivity contribution is 5.71. The average molecular weight is 990 g/mol. The van der Waals surface area contributed by atoms with Gasteiger partial charge in [-0.25, -0.2) is 0 Å². The smallest absolute Gasteiger partial charge is 0.306 e. The minimum Gasteiger partial charge on any atom is -0.462 e. The number of allylic oxidation sites excluding steroid dienone is 14. The lowest BCUT2D eigenvalue weighted by Crippen LogP contribution is -2.30. The van der Waals surface area contributed by atoms with Crippen LogP contribution in [-0.2, 0) is 28.6 Å². The Bertz CT molecular complexity index is 1370. The molecule has 0 N–H and O–H groups in total. The SMILES string of the molecule is CC/C=C\C/C=C\C/C=C\C/C=C\C/C=C\CCCCCC(=O)OC[C@@H](COC(=O)CCCCCCCCC/C=C\CCCCCCCC)OC(=O)CCCCCCCCC/C=C\CCCCCCCC. The third kappa shape index (κ3) is 57.4. The van der Waals surface area contributed by atoms with Gasteiger partial charge in [0.25, 0.3) is 0 Å². The molecule has 6 heteroatoms. The van der Waals surface area contributed by atoms with Gasteiger partial charge in [-0.15, -0.1) is 0 Å². The molecule has 0 aromatic carbocycles. The fourth-order valence-electron chi connectivity index (χ4n) is 8.34. The number of carbonyl (C=O) groups is 3. The minimum atomic E-state index is -0.795. The lowest BCUT2D eigenvalue weighted by molar-refractivity contribution is -0.167. The van der Waals surface area contributed by atoms with E-state index in [1.54, 1.807) is 0 Å². The zero-order chi connectivity index (χ0) is 51.4. The number of esters is 3. The zero-order valence-electron chi connectivity index (χ0n) is 46.7. The first kappa shape index (κ1) is 67.6. The molecular weight excluding hydrogens is 877 g/mol. The van der Waals surface area contributed by atoms with Gasteiger partial charge in [-0.2, -0.15) is 0 Å². The lowest BCUT2D eigenvalue weighted by Gasteiger charge is -2.18. The van der Waals surface area contributed by atoms with Crippen molar-refractivity contribution in [2.45, 2.75) is 297 Å². The zero-order valence-corrected chi connectivity index (χ0v) is 46.7. The van der Waals surface area contributed by atoms with Gasteiger partial charge in [0.1, 0.15) is 13.2 Å². The van der Waals surface area contributed by atoms with Gasteiger partial charge in [0, 0.05) is 19.3 Å². The van der Waals surface area contributed by atoms with Gasteiger partial charge in [-0.1, -0.05) is 241 Å². The van der Waals surface area contributed by atoms with Crippen molar-refractivity contribution in [3.63, 3.8) is 0 Å². The summed E-state index contributed by atoms with van der Waals surface area (Å²) in [6, 6.07) is 0. The van der Waals surface area contributed by atoms with Gasteiger partial charge < -0.3 is 14.2 Å². The highest BCUT2D eigenvalue weighted by Crippen LogP contribution is 2.15. The van der Waals surface area contributed by atoms with Crippen molar-refractivity contribution in [3.05, 3.63) is 85.1 Å². The van der Waals surface area contributed by atoms with Gasteiger partial charge >= 0.3 is 17.9 Å². The van der Waals surface area contributed by atoms with Crippen molar-refractivity contribution in [2.75, 3.05) is 13.2 Å². The van der Waals surface area contributed by atoms with Crippen LogP contribution in [0.4, 0.5) is 0 Å². The van der Waals surface area contributed by atoms with Gasteiger partial charge in [0.15, 0.2) is 6.10 Å². The van der Waals surface area contributed by atoms with E-state index in [1.807, 2.05) is 0 Å². The van der Waals surface area contributed by atoms with Crippen molar-refractivity contribution in [3.8, 4) is 0 Å². The molecule has 408 valence electrons. The first-order chi connectivity index (χ1) is 35.0. The van der Waals surface area contributed by atoms with E-state index in [-0.39, 0.29) is 31.1 Å². The minimum absolute atomic E-state index is 0.0905. The molecule has 0 saturated carbocycles. The van der Waals surface area contributed by atoms with Crippen LogP contribution in [0.15, 0.2) is 85.1 Å². The van der Waals surface area contributed by atoms with E-state index in [0.29, 0.717) is 19.3 Å². The summed E-state index contributed by atoms with van der Waals surface area (Å²) in [5.74, 6) is -0.924. The molecule has 0 aromatic rings. The average Bonchev–Trinajstić information content (AvgIpc) is 3.37. The molecule has 0 saturated heterocycles. The third-order valence-electron chi connectivity index (χ3n) is 12.9. The molecule has 0 radical (unpaired) electrons. The summed E-state index contributed by atoms with van der Waals surface area (Å²) >= 11 is 0. The number of hydrogen-bond donors (Lipinski definition) is 0. The number of carbonyl (C=O) groups excluding carboxylic acids is 3. The molecule has 0 spiro atoms. The molecule has 0 aliphatic rings. The molecule has 1 atom stereocenters. The van der Waals surface area contributed by atoms with Crippen LogP contribution in [0.5, 0.6) is 0 Å². The fourth-order valence-corrected chi connectivity index (χ4v) is 8.34. The second-order valence-corrected chi connectivity index (χ2v) is 19.9. The van der Waals surface area contributed by atoms with Crippen molar-refractivity contribution in [2.24, 2.45) is 0 Å². The summed E-state index contributed by atoms with van der Waals surface area (Å²) < 4.78 is 16.9. The van der Waals surface area contributed by atoms with Gasteiger partial charge in [0.05, 0.1) is 0 Å². The van der Waals surface area contributed by atoms with Crippen LogP contribution in [0.2, 0.25) is 0 Å². The Labute approximate surface area is 439 Å². The Morgan fingerprint density at radius 3 is 0.887 bits per heavy atom. The Hall–Kier alpha value is -3.41. The molecule has 0 rings (SSSR count). The van der Waals surface area contributed by atoms with Crippen LogP contribution < -0.4 is 0 Å². The summed E-state index contributed by atoms with van der Waals surface area (Å²) in [5, 5.41) is 0. The summed E-state index contributed by atoms with van der Waals surface area (Å²) in [6.45, 7) is 6.50. The molecule has 0 aliphatic carbocycles. The van der Waals surface area contributed by atoms with Crippen molar-refractivity contribution in [1.82, 2.24) is 0 Å². The van der Waals surface area contributed by atoms with E-state index in [2.05, 4.69) is 106 Å². The maximum Gasteiger partial charge on any atom is 0.306 e. The molecular formula is C65H112O6. The van der Waals surface area contributed by atoms with Crippen molar-refractivity contribution >= 4 is 17.9 Å². The van der Waals surface area contributed by atoms with Crippen molar-refractivity contribution in [1.29, 1.82) is 0 Å². The number of rotatable bonds is 54. The van der Waals surface area contributed by atoms with E-state index in [4.69, 9.17) is 14.2 Å². The maximum absolute atomic E-state index is 12.9. The number of unbranched alkanes of at least 4 members (excludes halogenated alkanes) is 29. The maximum atomic E-state index is 12.9. The molecule has 0 fully saturated rings. The second-order valence-electron chi connectivity index (χ2n) is 19.9. The Kier molecular flexibility index (Phi) is 56.3. The summed E-state index contributed by atoms with van der Waals surface area (Å²) in [4.78, 5) is 38.2. The molecule has 71 heavy (non-hydrogen) atoms. The van der Waals surface area contributed by atoms with E-state index < -0.39 is 6.10 Å². The number of ether oxygens (including phenoxy) is 3. The molecule has 0 amide bonds. The standard InChI is InChI=1S/C65H112O6/c1-4-7-10-13-16-19-22-25-28-31-32-35-37-40-43-46-49-52-55-58-64(67)70-61-62(71-65(68)59-56-53-50-47-44-41-38-34-30-27-24-21-18-15-12-9-6-3)60-69-63(66)57-54-51-48-45-42-39-36-33-29-26-23-20-17-14-11-8-5-2/h7,10,16,19,25-30,32,35,40,43,62H,4-6,8-9,11-15,17-18,20-24,31,33-34,36-39,41-42,44-61H2,1-3H3/b10-7-,19-16-,28-25-,29-26-,30-27-,35-32-,43-40-/t62-/m1/s1.